The zero-order valence-electron chi connectivity index (χ0n) is 13.3. The Morgan fingerprint density at radius 3 is 2.83 bits per heavy atom. The average Bonchev–Trinajstić information content (AvgIpc) is 3.31. The fourth-order valence-electron chi connectivity index (χ4n) is 2.89. The van der Waals surface area contributed by atoms with Crippen molar-refractivity contribution in [2.45, 2.75) is 25.9 Å². The number of nitrogens with zero attached hydrogens (tertiary/aromatic N) is 5. The molecule has 2 aromatic heterocycles. The quantitative estimate of drug-likeness (QED) is 0.733. The zero-order chi connectivity index (χ0) is 16.5. The summed E-state index contributed by atoms with van der Waals surface area (Å²) in [6.07, 6.45) is 2.63. The number of rotatable bonds is 4. The van der Waals surface area contributed by atoms with E-state index in [9.17, 15) is 4.79 Å². The molecule has 0 spiro atoms. The number of hydrogen-bond acceptors (Lipinski definition) is 5. The lowest BCUT2D eigenvalue weighted by Gasteiger charge is -2.15. The third-order valence-electron chi connectivity index (χ3n) is 4.24. The Kier molecular flexibility index (Phi) is 3.60. The molecule has 4 rings (SSSR count). The van der Waals surface area contributed by atoms with Gasteiger partial charge >= 0.3 is 0 Å². The predicted molar refractivity (Wildman–Crippen MR) is 85.5 cm³/mol. The van der Waals surface area contributed by atoms with Gasteiger partial charge in [-0.1, -0.05) is 18.2 Å². The standard InChI is InChI=1S/C17H17N5O2/c1-21-14-11-22(10-13(14)9-18-21)16(23)8-7-15-19-20-17(24-15)12-5-3-2-4-6-12/h2-6,9H,7-8,10-11H2,1H3. The van der Waals surface area contributed by atoms with E-state index < -0.39 is 0 Å². The van der Waals surface area contributed by atoms with Crippen molar-refractivity contribution in [3.63, 3.8) is 0 Å². The van der Waals surface area contributed by atoms with Crippen LogP contribution in [0.3, 0.4) is 0 Å². The Bertz CT molecular complexity index is 868. The maximum absolute atomic E-state index is 12.4. The summed E-state index contributed by atoms with van der Waals surface area (Å²) in [6, 6.07) is 9.60. The van der Waals surface area contributed by atoms with Crippen molar-refractivity contribution in [1.29, 1.82) is 0 Å². The maximum Gasteiger partial charge on any atom is 0.247 e. The Hall–Kier alpha value is -2.96. The molecule has 3 heterocycles. The Morgan fingerprint density at radius 2 is 2.04 bits per heavy atom. The van der Waals surface area contributed by atoms with Crippen molar-refractivity contribution < 1.29 is 9.21 Å². The van der Waals surface area contributed by atoms with E-state index in [1.807, 2.05) is 53.2 Å². The van der Waals surface area contributed by atoms with Gasteiger partial charge in [-0.25, -0.2) is 0 Å². The first-order valence-corrected chi connectivity index (χ1v) is 7.86. The molecule has 0 bridgehead atoms. The molecule has 24 heavy (non-hydrogen) atoms. The molecule has 1 amide bonds. The van der Waals surface area contributed by atoms with Crippen LogP contribution in [-0.4, -0.2) is 30.8 Å². The van der Waals surface area contributed by atoms with Gasteiger partial charge < -0.3 is 9.32 Å². The van der Waals surface area contributed by atoms with Crippen LogP contribution < -0.4 is 0 Å². The highest BCUT2D eigenvalue weighted by Crippen LogP contribution is 2.23. The smallest absolute Gasteiger partial charge is 0.247 e. The van der Waals surface area contributed by atoms with Crippen molar-refractivity contribution in [2.24, 2.45) is 7.05 Å². The molecule has 0 fully saturated rings. The first-order chi connectivity index (χ1) is 11.7. The Balaban J connectivity index is 1.36. The molecule has 1 aliphatic heterocycles. The molecular formula is C17H17N5O2. The van der Waals surface area contributed by atoms with Gasteiger partial charge in [0.1, 0.15) is 0 Å². The first-order valence-electron chi connectivity index (χ1n) is 7.86. The number of aromatic nitrogens is 4. The number of benzene rings is 1. The van der Waals surface area contributed by atoms with Gasteiger partial charge in [0.2, 0.25) is 17.7 Å². The second kappa shape index (κ2) is 5.92. The van der Waals surface area contributed by atoms with Gasteiger partial charge in [-0.05, 0) is 12.1 Å². The second-order valence-corrected chi connectivity index (χ2v) is 5.86. The van der Waals surface area contributed by atoms with Crippen molar-refractivity contribution >= 4 is 5.91 Å². The zero-order valence-corrected chi connectivity index (χ0v) is 13.3. The van der Waals surface area contributed by atoms with Crippen molar-refractivity contribution in [3.05, 3.63) is 53.7 Å². The highest BCUT2D eigenvalue weighted by atomic mass is 16.4. The molecule has 7 nitrogen and oxygen atoms in total. The Labute approximate surface area is 138 Å². The number of fused-ring (bicyclic) bond motifs is 1. The number of carbonyl (C=O) groups excluding carboxylic acids is 1. The van der Waals surface area contributed by atoms with Gasteiger partial charge in [0.25, 0.3) is 0 Å². The Morgan fingerprint density at radius 1 is 1.21 bits per heavy atom. The minimum atomic E-state index is 0.0886. The summed E-state index contributed by atoms with van der Waals surface area (Å²) >= 11 is 0. The molecule has 3 aromatic rings. The summed E-state index contributed by atoms with van der Waals surface area (Å²) in [7, 11) is 1.90. The number of amides is 1. The number of aryl methyl sites for hydroxylation is 2. The fraction of sp³-hybridized carbons (Fsp3) is 0.294. The van der Waals surface area contributed by atoms with Gasteiger partial charge in [-0.2, -0.15) is 5.10 Å². The molecule has 0 unspecified atom stereocenters. The number of carbonyl (C=O) groups is 1. The molecule has 0 saturated carbocycles. The van der Waals surface area contributed by atoms with Crippen LogP contribution in [-0.2, 0) is 31.4 Å². The van der Waals surface area contributed by atoms with E-state index >= 15 is 0 Å². The third-order valence-corrected chi connectivity index (χ3v) is 4.24. The van der Waals surface area contributed by atoms with E-state index in [1.54, 1.807) is 0 Å². The van der Waals surface area contributed by atoms with Crippen LogP contribution in [0.25, 0.3) is 11.5 Å². The fourth-order valence-corrected chi connectivity index (χ4v) is 2.89. The van der Waals surface area contributed by atoms with Gasteiger partial charge in [0, 0.05) is 37.6 Å². The molecule has 122 valence electrons. The van der Waals surface area contributed by atoms with Gasteiger partial charge in [0.05, 0.1) is 18.4 Å². The summed E-state index contributed by atoms with van der Waals surface area (Å²) in [5, 5.41) is 12.3. The monoisotopic (exact) mass is 323 g/mol. The lowest BCUT2D eigenvalue weighted by atomic mass is 10.2. The van der Waals surface area contributed by atoms with Gasteiger partial charge in [-0.3, -0.25) is 9.48 Å². The molecule has 7 heteroatoms. The predicted octanol–water partition coefficient (Wildman–Crippen LogP) is 1.95. The molecule has 0 saturated heterocycles. The summed E-state index contributed by atoms with van der Waals surface area (Å²) in [4.78, 5) is 14.2. The second-order valence-electron chi connectivity index (χ2n) is 5.86. The summed E-state index contributed by atoms with van der Waals surface area (Å²) in [6.45, 7) is 1.24. The lowest BCUT2D eigenvalue weighted by molar-refractivity contribution is -0.131. The van der Waals surface area contributed by atoms with Gasteiger partial charge in [0.15, 0.2) is 0 Å². The van der Waals surface area contributed by atoms with Crippen molar-refractivity contribution in [2.75, 3.05) is 0 Å². The van der Waals surface area contributed by atoms with E-state index in [-0.39, 0.29) is 5.91 Å². The minimum absolute atomic E-state index is 0.0886. The molecule has 1 aromatic carbocycles. The summed E-state index contributed by atoms with van der Waals surface area (Å²) in [5.41, 5.74) is 3.10. The average molecular weight is 323 g/mol. The van der Waals surface area contributed by atoms with Crippen molar-refractivity contribution in [3.8, 4) is 11.5 Å². The summed E-state index contributed by atoms with van der Waals surface area (Å²) in [5.74, 6) is 1.06. The van der Waals surface area contributed by atoms with Crippen LogP contribution in [0.1, 0.15) is 23.6 Å². The molecule has 1 aliphatic rings. The van der Waals surface area contributed by atoms with E-state index in [0.717, 1.165) is 16.8 Å². The SMILES string of the molecule is Cn1ncc2c1CN(C(=O)CCc1nnc(-c3ccccc3)o1)C2. The van der Waals surface area contributed by atoms with Crippen LogP contribution in [0.2, 0.25) is 0 Å². The van der Waals surface area contributed by atoms with Crippen LogP contribution >= 0.6 is 0 Å². The molecule has 0 N–H and O–H groups in total. The third kappa shape index (κ3) is 2.68. The first kappa shape index (κ1) is 14.6. The summed E-state index contributed by atoms with van der Waals surface area (Å²) < 4.78 is 7.47. The van der Waals surface area contributed by atoms with Crippen molar-refractivity contribution in [1.82, 2.24) is 24.9 Å². The molecule has 0 radical (unpaired) electrons. The normalized spacial score (nSPS) is 13.3. The largest absolute Gasteiger partial charge is 0.421 e. The van der Waals surface area contributed by atoms with Crippen LogP contribution in [0.15, 0.2) is 40.9 Å². The van der Waals surface area contributed by atoms with Gasteiger partial charge in [-0.15, -0.1) is 10.2 Å². The highest BCUT2D eigenvalue weighted by molar-refractivity contribution is 5.77. The maximum atomic E-state index is 12.4. The molecular weight excluding hydrogens is 306 g/mol. The molecule has 0 atom stereocenters. The van der Waals surface area contributed by atoms with E-state index in [1.165, 1.54) is 0 Å². The van der Waals surface area contributed by atoms with Crippen LogP contribution in [0.5, 0.6) is 0 Å². The van der Waals surface area contributed by atoms with E-state index in [4.69, 9.17) is 4.42 Å². The van der Waals surface area contributed by atoms with Crippen LogP contribution in [0, 0.1) is 0 Å². The van der Waals surface area contributed by atoms with E-state index in [0.29, 0.717) is 37.7 Å². The molecule has 0 aliphatic carbocycles. The topological polar surface area (TPSA) is 77.1 Å². The van der Waals surface area contributed by atoms with E-state index in [2.05, 4.69) is 15.3 Å². The van der Waals surface area contributed by atoms with Crippen LogP contribution in [0.4, 0.5) is 0 Å². The highest BCUT2D eigenvalue weighted by Gasteiger charge is 2.26. The lowest BCUT2D eigenvalue weighted by Crippen LogP contribution is -2.26. The number of hydrogen-bond donors (Lipinski definition) is 0. The minimum Gasteiger partial charge on any atom is -0.421 e.